The summed E-state index contributed by atoms with van der Waals surface area (Å²) in [4.78, 5) is 10.3. The van der Waals surface area contributed by atoms with Crippen LogP contribution < -0.4 is 0 Å². The fourth-order valence-electron chi connectivity index (χ4n) is 2.06. The van der Waals surface area contributed by atoms with Crippen molar-refractivity contribution in [3.05, 3.63) is 64.2 Å². The molecule has 0 aliphatic rings. The van der Waals surface area contributed by atoms with E-state index in [2.05, 4.69) is 6.07 Å². The van der Waals surface area contributed by atoms with Crippen LogP contribution in [0.4, 0.5) is 5.69 Å². The molecule has 0 amide bonds. The second kappa shape index (κ2) is 5.21. The van der Waals surface area contributed by atoms with Gasteiger partial charge in [0.15, 0.2) is 0 Å². The number of non-ortho nitro benzene ring substituents is 1. The summed E-state index contributed by atoms with van der Waals surface area (Å²) in [7, 11) is 0. The van der Waals surface area contributed by atoms with Crippen molar-refractivity contribution in [2.45, 2.75) is 6.61 Å². The fourth-order valence-corrected chi connectivity index (χ4v) is 4.44. The number of benzene rings is 2. The van der Waals surface area contributed by atoms with Crippen molar-refractivity contribution < 1.29 is 10.0 Å². The monoisotopic (exact) mass is 333 g/mol. The van der Waals surface area contributed by atoms with Gasteiger partial charge in [0.05, 0.1) is 0 Å². The molecule has 0 aliphatic carbocycles. The maximum absolute atomic E-state index is 10.7. The van der Waals surface area contributed by atoms with Gasteiger partial charge in [-0.3, -0.25) is 0 Å². The van der Waals surface area contributed by atoms with Gasteiger partial charge in [-0.25, -0.2) is 0 Å². The first-order valence-corrected chi connectivity index (χ1v) is 7.77. The number of aliphatic hydroxyl groups is 1. The molecule has 1 aromatic heterocycles. The number of nitro benzene ring substituents is 1. The molecule has 0 bridgehead atoms. The Morgan fingerprint density at radius 2 is 1.85 bits per heavy atom. The molecule has 1 heterocycles. The molecule has 100 valence electrons. The summed E-state index contributed by atoms with van der Waals surface area (Å²) in [6.07, 6.45) is 0. The molecule has 0 fully saturated rings. The van der Waals surface area contributed by atoms with Crippen molar-refractivity contribution >= 4 is 29.8 Å². The van der Waals surface area contributed by atoms with Crippen molar-refractivity contribution in [3.8, 4) is 10.0 Å². The van der Waals surface area contributed by atoms with E-state index in [0.717, 1.165) is 11.1 Å². The Hall–Kier alpha value is -1.94. The van der Waals surface area contributed by atoms with E-state index >= 15 is 0 Å². The van der Waals surface area contributed by atoms with E-state index in [4.69, 9.17) is 5.11 Å². The summed E-state index contributed by atoms with van der Waals surface area (Å²) in [5.41, 5.74) is 2.06. The van der Waals surface area contributed by atoms with Gasteiger partial charge in [-0.1, -0.05) is 0 Å². The second-order valence-corrected chi connectivity index (χ2v) is 6.72. The van der Waals surface area contributed by atoms with Gasteiger partial charge >= 0.3 is 121 Å². The summed E-state index contributed by atoms with van der Waals surface area (Å²) in [5.74, 6) is 0. The van der Waals surface area contributed by atoms with Crippen LogP contribution in [0.1, 0.15) is 5.56 Å². The SMILES string of the molecule is O=[N+]([O-])c1ccc(-c2cc3ccc(CO)cc3[se]2)cc1. The Balaban J connectivity index is 2.03. The van der Waals surface area contributed by atoms with Crippen LogP contribution in [0.15, 0.2) is 48.5 Å². The van der Waals surface area contributed by atoms with E-state index in [1.807, 2.05) is 18.2 Å². The van der Waals surface area contributed by atoms with Crippen LogP contribution in [-0.4, -0.2) is 24.5 Å². The molecule has 1 N–H and O–H groups in total. The summed E-state index contributed by atoms with van der Waals surface area (Å²) in [5, 5.41) is 21.0. The zero-order valence-electron chi connectivity index (χ0n) is 10.4. The number of nitrogens with zero attached hydrogens (tertiary/aromatic N) is 1. The normalized spacial score (nSPS) is 10.8. The molecule has 2 aromatic carbocycles. The zero-order chi connectivity index (χ0) is 14.1. The van der Waals surface area contributed by atoms with Crippen LogP contribution in [0.5, 0.6) is 0 Å². The molecule has 3 aromatic rings. The van der Waals surface area contributed by atoms with Gasteiger partial charge in [0.1, 0.15) is 0 Å². The molecule has 0 radical (unpaired) electrons. The summed E-state index contributed by atoms with van der Waals surface area (Å²) < 4.78 is 2.45. The second-order valence-electron chi connectivity index (χ2n) is 4.44. The van der Waals surface area contributed by atoms with Crippen LogP contribution in [-0.2, 0) is 6.61 Å². The number of nitro groups is 1. The first-order valence-electron chi connectivity index (χ1n) is 6.05. The van der Waals surface area contributed by atoms with Crippen molar-refractivity contribution in [3.63, 3.8) is 0 Å². The molecule has 0 unspecified atom stereocenters. The Labute approximate surface area is 121 Å². The van der Waals surface area contributed by atoms with E-state index in [-0.39, 0.29) is 31.7 Å². The van der Waals surface area contributed by atoms with Crippen LogP contribution >= 0.6 is 0 Å². The number of aliphatic hydroxyl groups excluding tert-OH is 1. The molecule has 0 aliphatic heterocycles. The molecule has 4 nitrogen and oxygen atoms in total. The number of hydrogen-bond acceptors (Lipinski definition) is 3. The molecule has 20 heavy (non-hydrogen) atoms. The van der Waals surface area contributed by atoms with Gasteiger partial charge in [-0.05, 0) is 0 Å². The Morgan fingerprint density at radius 3 is 2.50 bits per heavy atom. The molecule has 0 saturated heterocycles. The van der Waals surface area contributed by atoms with Gasteiger partial charge in [0.2, 0.25) is 0 Å². The van der Waals surface area contributed by atoms with Crippen LogP contribution in [0.2, 0.25) is 0 Å². The fraction of sp³-hybridized carbons (Fsp3) is 0.0667. The molecular weight excluding hydrogens is 321 g/mol. The summed E-state index contributed by atoms with van der Waals surface area (Å²) in [6.45, 7) is 0.0518. The zero-order valence-corrected chi connectivity index (χ0v) is 12.2. The molecule has 0 atom stereocenters. The molecule has 3 rings (SSSR count). The quantitative estimate of drug-likeness (QED) is 0.456. The average Bonchev–Trinajstić information content (AvgIpc) is 2.90. The topological polar surface area (TPSA) is 63.4 Å². The van der Waals surface area contributed by atoms with E-state index in [1.54, 1.807) is 12.1 Å². The minimum absolute atomic E-state index is 0.0518. The summed E-state index contributed by atoms with van der Waals surface area (Å²) in [6, 6.07) is 14.8. The first kappa shape index (κ1) is 13.1. The van der Waals surface area contributed by atoms with Crippen molar-refractivity contribution in [1.82, 2.24) is 0 Å². The van der Waals surface area contributed by atoms with Crippen LogP contribution in [0, 0.1) is 10.1 Å². The Bertz CT molecular complexity index is 777. The Morgan fingerprint density at radius 1 is 1.10 bits per heavy atom. The van der Waals surface area contributed by atoms with Crippen molar-refractivity contribution in [2.24, 2.45) is 0 Å². The van der Waals surface area contributed by atoms with Crippen LogP contribution in [0.25, 0.3) is 19.6 Å². The van der Waals surface area contributed by atoms with Gasteiger partial charge < -0.3 is 0 Å². The van der Waals surface area contributed by atoms with Gasteiger partial charge in [-0.15, -0.1) is 0 Å². The maximum atomic E-state index is 10.7. The Kier molecular flexibility index (Phi) is 3.40. The molecule has 5 heteroatoms. The minimum atomic E-state index is -0.389. The third-order valence-electron chi connectivity index (χ3n) is 3.13. The summed E-state index contributed by atoms with van der Waals surface area (Å²) >= 11 is 0.177. The van der Waals surface area contributed by atoms with Crippen molar-refractivity contribution in [1.29, 1.82) is 0 Å². The van der Waals surface area contributed by atoms with E-state index < -0.39 is 0 Å². The third kappa shape index (κ3) is 2.39. The average molecular weight is 332 g/mol. The van der Waals surface area contributed by atoms with Gasteiger partial charge in [0, 0.05) is 0 Å². The number of rotatable bonds is 3. The predicted molar refractivity (Wildman–Crippen MR) is 78.9 cm³/mol. The third-order valence-corrected chi connectivity index (χ3v) is 5.54. The first-order chi connectivity index (χ1) is 9.67. The molecular formula is C15H11NO3Se. The van der Waals surface area contributed by atoms with E-state index in [0.29, 0.717) is 0 Å². The standard InChI is InChI=1S/C15H11NO3Se/c17-9-10-1-2-12-8-15(20-14(12)7-10)11-3-5-13(6-4-11)16(18)19/h1-8,17H,9H2. The van der Waals surface area contributed by atoms with Gasteiger partial charge in [0.25, 0.3) is 0 Å². The van der Waals surface area contributed by atoms with Crippen molar-refractivity contribution in [2.75, 3.05) is 0 Å². The van der Waals surface area contributed by atoms with E-state index in [9.17, 15) is 10.1 Å². The molecule has 0 saturated carbocycles. The predicted octanol–water partition coefficient (Wildman–Crippen LogP) is 2.96. The van der Waals surface area contributed by atoms with Crippen LogP contribution in [0.3, 0.4) is 0 Å². The molecule has 0 spiro atoms. The number of hydrogen-bond donors (Lipinski definition) is 1. The van der Waals surface area contributed by atoms with Gasteiger partial charge in [-0.2, -0.15) is 0 Å². The number of fused-ring (bicyclic) bond motifs is 1. The van der Waals surface area contributed by atoms with E-state index in [1.165, 1.54) is 26.2 Å².